The molecule has 0 aromatic heterocycles. The molecule has 1 aromatic carbocycles. The molecule has 1 saturated carbocycles. The first-order valence-electron chi connectivity index (χ1n) is 9.94. The van der Waals surface area contributed by atoms with Crippen LogP contribution in [0.15, 0.2) is 24.3 Å². The lowest BCUT2D eigenvalue weighted by Crippen LogP contribution is -2.50. The molecule has 28 heavy (non-hydrogen) atoms. The van der Waals surface area contributed by atoms with E-state index in [4.69, 9.17) is 4.74 Å². The van der Waals surface area contributed by atoms with Gasteiger partial charge < -0.3 is 15.0 Å². The van der Waals surface area contributed by atoms with Gasteiger partial charge in [0.15, 0.2) is 0 Å². The third kappa shape index (κ3) is 4.13. The van der Waals surface area contributed by atoms with E-state index in [1.54, 1.807) is 7.05 Å². The molecule has 2 aliphatic rings. The first kappa shape index (κ1) is 20.2. The van der Waals surface area contributed by atoms with Crippen molar-refractivity contribution in [2.75, 3.05) is 20.2 Å². The molecule has 152 valence electrons. The zero-order valence-electron chi connectivity index (χ0n) is 16.9. The fraction of sp³-hybridized carbons (Fsp3) is 0.571. The minimum absolute atomic E-state index is 0.227. The maximum absolute atomic E-state index is 12.9. The van der Waals surface area contributed by atoms with Gasteiger partial charge in [0.05, 0.1) is 6.61 Å². The Hall–Kier alpha value is -2.57. The minimum atomic E-state index is -0.808. The van der Waals surface area contributed by atoms with Crippen LogP contribution in [0.5, 0.6) is 5.75 Å². The zero-order valence-corrected chi connectivity index (χ0v) is 16.9. The molecule has 0 atom stereocenters. The highest BCUT2D eigenvalue weighted by molar-refractivity contribution is 6.09. The Morgan fingerprint density at radius 1 is 1.25 bits per heavy atom. The van der Waals surface area contributed by atoms with Crippen LogP contribution in [0.25, 0.3) is 0 Å². The molecule has 1 saturated heterocycles. The second-order valence-electron chi connectivity index (χ2n) is 7.91. The SMILES string of the molecule is CCOc1ccc(CN(C)C(=O)CN2C(=O)NC3(CCC(C)CC3)C2=O)cc1. The number of carbonyl (C=O) groups is 3. The molecule has 1 N–H and O–H groups in total. The molecule has 7 heteroatoms. The van der Waals surface area contributed by atoms with Gasteiger partial charge in [-0.25, -0.2) is 4.79 Å². The molecule has 1 aliphatic heterocycles. The monoisotopic (exact) mass is 387 g/mol. The van der Waals surface area contributed by atoms with Crippen molar-refractivity contribution in [3.8, 4) is 5.75 Å². The molecule has 1 aromatic rings. The predicted octanol–water partition coefficient (Wildman–Crippen LogP) is 2.54. The second-order valence-corrected chi connectivity index (χ2v) is 7.91. The van der Waals surface area contributed by atoms with Crippen molar-refractivity contribution < 1.29 is 19.1 Å². The Morgan fingerprint density at radius 3 is 2.50 bits per heavy atom. The summed E-state index contributed by atoms with van der Waals surface area (Å²) in [5.41, 5.74) is 0.145. The maximum Gasteiger partial charge on any atom is 0.325 e. The number of nitrogens with zero attached hydrogens (tertiary/aromatic N) is 2. The fourth-order valence-electron chi connectivity index (χ4n) is 3.89. The Balaban J connectivity index is 1.59. The molecular weight excluding hydrogens is 358 g/mol. The average Bonchev–Trinajstić information content (AvgIpc) is 2.90. The number of benzene rings is 1. The van der Waals surface area contributed by atoms with E-state index in [1.165, 1.54) is 4.90 Å². The minimum Gasteiger partial charge on any atom is -0.494 e. The van der Waals surface area contributed by atoms with E-state index in [-0.39, 0.29) is 18.4 Å². The lowest BCUT2D eigenvalue weighted by atomic mass is 9.77. The third-order valence-corrected chi connectivity index (χ3v) is 5.75. The van der Waals surface area contributed by atoms with E-state index in [9.17, 15) is 14.4 Å². The van der Waals surface area contributed by atoms with Gasteiger partial charge in [0.25, 0.3) is 5.91 Å². The van der Waals surface area contributed by atoms with Crippen molar-refractivity contribution >= 4 is 17.8 Å². The number of carbonyl (C=O) groups excluding carboxylic acids is 3. The van der Waals surface area contributed by atoms with Gasteiger partial charge in [-0.05, 0) is 56.2 Å². The van der Waals surface area contributed by atoms with Gasteiger partial charge in [0.1, 0.15) is 17.8 Å². The van der Waals surface area contributed by atoms with Crippen LogP contribution >= 0.6 is 0 Å². The van der Waals surface area contributed by atoms with Crippen molar-refractivity contribution in [1.29, 1.82) is 0 Å². The van der Waals surface area contributed by atoms with Crippen LogP contribution in [-0.2, 0) is 16.1 Å². The zero-order chi connectivity index (χ0) is 20.3. The number of rotatable bonds is 6. The quantitative estimate of drug-likeness (QED) is 0.761. The normalized spacial score (nSPS) is 24.4. The van der Waals surface area contributed by atoms with Gasteiger partial charge in [0, 0.05) is 13.6 Å². The van der Waals surface area contributed by atoms with Gasteiger partial charge in [-0.1, -0.05) is 19.1 Å². The number of likely N-dealkylation sites (N-methyl/N-ethyl adjacent to an activating group) is 1. The van der Waals surface area contributed by atoms with Gasteiger partial charge in [-0.15, -0.1) is 0 Å². The first-order valence-corrected chi connectivity index (χ1v) is 9.94. The Kier molecular flexibility index (Phi) is 5.91. The number of nitrogens with one attached hydrogen (secondary N) is 1. The summed E-state index contributed by atoms with van der Waals surface area (Å²) in [6.45, 7) is 4.86. The molecule has 2 fully saturated rings. The average molecular weight is 387 g/mol. The van der Waals surface area contributed by atoms with Gasteiger partial charge in [-0.2, -0.15) is 0 Å². The van der Waals surface area contributed by atoms with Gasteiger partial charge in [0.2, 0.25) is 5.91 Å². The van der Waals surface area contributed by atoms with Crippen molar-refractivity contribution in [3.05, 3.63) is 29.8 Å². The highest BCUT2D eigenvalue weighted by Gasteiger charge is 2.52. The second kappa shape index (κ2) is 8.20. The maximum atomic E-state index is 12.9. The highest BCUT2D eigenvalue weighted by atomic mass is 16.5. The summed E-state index contributed by atoms with van der Waals surface area (Å²) in [6.07, 6.45) is 3.10. The Bertz CT molecular complexity index is 739. The smallest absolute Gasteiger partial charge is 0.325 e. The number of hydrogen-bond acceptors (Lipinski definition) is 4. The molecule has 1 spiro atoms. The summed E-state index contributed by atoms with van der Waals surface area (Å²) >= 11 is 0. The standard InChI is InChI=1S/C21H29N3O4/c1-4-28-17-7-5-16(6-8-17)13-23(3)18(25)14-24-19(26)21(22-20(24)27)11-9-15(2)10-12-21/h5-8,15H,4,9-14H2,1-3H3,(H,22,27). The molecule has 0 unspecified atom stereocenters. The molecule has 0 radical (unpaired) electrons. The Morgan fingerprint density at radius 2 is 1.89 bits per heavy atom. The van der Waals surface area contributed by atoms with Crippen LogP contribution in [0.3, 0.4) is 0 Å². The Labute approximate surface area is 166 Å². The van der Waals surface area contributed by atoms with Crippen molar-refractivity contribution in [1.82, 2.24) is 15.1 Å². The molecule has 3 rings (SSSR count). The topological polar surface area (TPSA) is 79.0 Å². The van der Waals surface area contributed by atoms with Crippen molar-refractivity contribution in [3.63, 3.8) is 0 Å². The summed E-state index contributed by atoms with van der Waals surface area (Å²) in [4.78, 5) is 40.5. The summed E-state index contributed by atoms with van der Waals surface area (Å²) in [5, 5.41) is 2.85. The summed E-state index contributed by atoms with van der Waals surface area (Å²) in [7, 11) is 1.68. The van der Waals surface area contributed by atoms with Gasteiger partial charge >= 0.3 is 6.03 Å². The number of ether oxygens (including phenoxy) is 1. The van der Waals surface area contributed by atoms with Crippen molar-refractivity contribution in [2.45, 2.75) is 51.6 Å². The van der Waals surface area contributed by atoms with Crippen LogP contribution < -0.4 is 10.1 Å². The first-order chi connectivity index (χ1) is 13.3. The van der Waals surface area contributed by atoms with E-state index in [2.05, 4.69) is 12.2 Å². The van der Waals surface area contributed by atoms with Crippen LogP contribution in [0.1, 0.15) is 45.1 Å². The van der Waals surface area contributed by atoms with E-state index < -0.39 is 11.6 Å². The van der Waals surface area contributed by atoms with Crippen LogP contribution in [0.2, 0.25) is 0 Å². The van der Waals surface area contributed by atoms with Gasteiger partial charge in [-0.3, -0.25) is 14.5 Å². The molecule has 1 aliphatic carbocycles. The number of hydrogen-bond donors (Lipinski definition) is 1. The van der Waals surface area contributed by atoms with Crippen LogP contribution in [0.4, 0.5) is 4.79 Å². The highest BCUT2D eigenvalue weighted by Crippen LogP contribution is 2.36. The van der Waals surface area contributed by atoms with E-state index >= 15 is 0 Å². The molecular formula is C21H29N3O4. The largest absolute Gasteiger partial charge is 0.494 e. The molecule has 0 bridgehead atoms. The summed E-state index contributed by atoms with van der Waals surface area (Å²) < 4.78 is 5.42. The van der Waals surface area contributed by atoms with Crippen LogP contribution in [-0.4, -0.2) is 53.4 Å². The van der Waals surface area contributed by atoms with E-state index in [0.29, 0.717) is 31.9 Å². The third-order valence-electron chi connectivity index (χ3n) is 5.75. The summed E-state index contributed by atoms with van der Waals surface area (Å²) in [6, 6.07) is 7.08. The van der Waals surface area contributed by atoms with E-state index in [0.717, 1.165) is 29.1 Å². The van der Waals surface area contributed by atoms with Crippen LogP contribution in [0, 0.1) is 5.92 Å². The fourth-order valence-corrected chi connectivity index (χ4v) is 3.89. The predicted molar refractivity (Wildman–Crippen MR) is 105 cm³/mol. The number of urea groups is 1. The lowest BCUT2D eigenvalue weighted by Gasteiger charge is -2.33. The van der Waals surface area contributed by atoms with Crippen molar-refractivity contribution in [2.24, 2.45) is 5.92 Å². The summed E-state index contributed by atoms with van der Waals surface area (Å²) in [5.74, 6) is 0.823. The number of amides is 4. The number of imide groups is 1. The van der Waals surface area contributed by atoms with E-state index in [1.807, 2.05) is 31.2 Å². The molecule has 1 heterocycles. The molecule has 7 nitrogen and oxygen atoms in total. The lowest BCUT2D eigenvalue weighted by molar-refractivity contribution is -0.139. The molecule has 4 amide bonds.